The first-order valence-corrected chi connectivity index (χ1v) is 8.52. The highest BCUT2D eigenvalue weighted by molar-refractivity contribution is 5.89. The Hall–Kier alpha value is -2.62. The molecule has 1 aliphatic rings. The van der Waals surface area contributed by atoms with Crippen LogP contribution in [0.1, 0.15) is 24.0 Å². The van der Waals surface area contributed by atoms with Crippen LogP contribution in [0.4, 0.5) is 0 Å². The predicted molar refractivity (Wildman–Crippen MR) is 95.8 cm³/mol. The summed E-state index contributed by atoms with van der Waals surface area (Å²) in [5.41, 5.74) is 5.38. The molecule has 3 heterocycles. The maximum atomic E-state index is 12.5. The average Bonchev–Trinajstić information content (AvgIpc) is 3.25. The molecule has 0 atom stereocenters. The quantitative estimate of drug-likeness (QED) is 0.800. The number of amides is 1. The van der Waals surface area contributed by atoms with Crippen molar-refractivity contribution in [1.29, 1.82) is 0 Å². The number of pyridine rings is 1. The van der Waals surface area contributed by atoms with Gasteiger partial charge in [0, 0.05) is 36.4 Å². The number of nitrogens with zero attached hydrogens (tertiary/aromatic N) is 2. The van der Waals surface area contributed by atoms with Crippen LogP contribution in [0.2, 0.25) is 0 Å². The van der Waals surface area contributed by atoms with Crippen LogP contribution in [0.25, 0.3) is 22.2 Å². The lowest BCUT2D eigenvalue weighted by Gasteiger charge is -2.14. The van der Waals surface area contributed by atoms with Crippen LogP contribution in [0.3, 0.4) is 0 Å². The minimum absolute atomic E-state index is 0.217. The number of H-pyrrole nitrogens is 1. The zero-order valence-electron chi connectivity index (χ0n) is 13.9. The fourth-order valence-electron chi connectivity index (χ4n) is 3.49. The van der Waals surface area contributed by atoms with Crippen molar-refractivity contribution in [2.45, 2.75) is 26.2 Å². The number of carbonyl (C=O) groups excluding carboxylic acids is 1. The molecule has 1 amide bonds. The van der Waals surface area contributed by atoms with Crippen molar-refractivity contribution in [3.05, 3.63) is 53.9 Å². The van der Waals surface area contributed by atoms with Crippen molar-refractivity contribution >= 4 is 16.9 Å². The van der Waals surface area contributed by atoms with Crippen LogP contribution in [0.5, 0.6) is 0 Å². The first-order chi connectivity index (χ1) is 11.7. The molecule has 3 aromatic rings. The lowest BCUT2D eigenvalue weighted by Crippen LogP contribution is -2.28. The van der Waals surface area contributed by atoms with Gasteiger partial charge in [-0.05, 0) is 42.5 Å². The molecule has 1 aliphatic heterocycles. The van der Waals surface area contributed by atoms with Crippen LogP contribution in [-0.4, -0.2) is 33.9 Å². The molecule has 24 heavy (non-hydrogen) atoms. The number of nitrogens with one attached hydrogen (secondary N) is 1. The first kappa shape index (κ1) is 14.9. The number of carbonyl (C=O) groups is 1. The van der Waals surface area contributed by atoms with E-state index in [9.17, 15) is 4.79 Å². The minimum atomic E-state index is 0.217. The molecule has 0 aliphatic carbocycles. The fraction of sp³-hybridized carbons (Fsp3) is 0.300. The summed E-state index contributed by atoms with van der Waals surface area (Å²) in [6.45, 7) is 3.90. The van der Waals surface area contributed by atoms with Crippen molar-refractivity contribution in [2.75, 3.05) is 13.1 Å². The van der Waals surface area contributed by atoms with E-state index in [1.54, 1.807) is 0 Å². The molecular weight excluding hydrogens is 298 g/mol. The summed E-state index contributed by atoms with van der Waals surface area (Å²) in [5, 5.41) is 1.04. The Labute approximate surface area is 141 Å². The molecule has 1 N–H and O–H groups in total. The van der Waals surface area contributed by atoms with Crippen molar-refractivity contribution in [1.82, 2.24) is 14.9 Å². The molecular formula is C20H21N3O. The van der Waals surface area contributed by atoms with Gasteiger partial charge in [-0.25, -0.2) is 4.98 Å². The SMILES string of the molecule is Cc1ccccc1-c1cnc2[nH]cc(CC(=O)N3CCCC3)c2c1. The number of rotatable bonds is 3. The number of likely N-dealkylation sites (tertiary alicyclic amines) is 1. The third kappa shape index (κ3) is 2.68. The Morgan fingerprint density at radius 2 is 2.04 bits per heavy atom. The molecule has 4 rings (SSSR count). The van der Waals surface area contributed by atoms with Gasteiger partial charge in [0.05, 0.1) is 6.42 Å². The fourth-order valence-corrected chi connectivity index (χ4v) is 3.49. The van der Waals surface area contributed by atoms with E-state index in [0.29, 0.717) is 6.42 Å². The van der Waals surface area contributed by atoms with Crippen LogP contribution in [0, 0.1) is 6.92 Å². The van der Waals surface area contributed by atoms with Crippen molar-refractivity contribution < 1.29 is 4.79 Å². The van der Waals surface area contributed by atoms with E-state index in [0.717, 1.165) is 48.1 Å². The van der Waals surface area contributed by atoms with Gasteiger partial charge in [-0.3, -0.25) is 4.79 Å². The Kier molecular flexibility index (Phi) is 3.81. The Bertz CT molecular complexity index is 891. The molecule has 4 nitrogen and oxygen atoms in total. The average molecular weight is 319 g/mol. The molecule has 122 valence electrons. The lowest BCUT2D eigenvalue weighted by atomic mass is 10.0. The van der Waals surface area contributed by atoms with Gasteiger partial charge >= 0.3 is 0 Å². The Morgan fingerprint density at radius 1 is 1.25 bits per heavy atom. The van der Waals surface area contributed by atoms with Gasteiger partial charge in [-0.1, -0.05) is 24.3 Å². The molecule has 0 radical (unpaired) electrons. The zero-order chi connectivity index (χ0) is 16.5. The van der Waals surface area contributed by atoms with Crippen molar-refractivity contribution in [3.63, 3.8) is 0 Å². The maximum absolute atomic E-state index is 12.5. The molecule has 1 aromatic carbocycles. The summed E-state index contributed by atoms with van der Waals surface area (Å²) in [6, 6.07) is 10.4. The van der Waals surface area contributed by atoms with Crippen molar-refractivity contribution in [2.24, 2.45) is 0 Å². The van der Waals surface area contributed by atoms with Gasteiger partial charge in [-0.2, -0.15) is 0 Å². The third-order valence-corrected chi connectivity index (χ3v) is 4.87. The van der Waals surface area contributed by atoms with Gasteiger partial charge in [0.1, 0.15) is 5.65 Å². The smallest absolute Gasteiger partial charge is 0.227 e. The molecule has 0 bridgehead atoms. The highest BCUT2D eigenvalue weighted by Gasteiger charge is 2.19. The van der Waals surface area contributed by atoms with Crippen LogP contribution in [0.15, 0.2) is 42.7 Å². The van der Waals surface area contributed by atoms with Gasteiger partial charge in [0.25, 0.3) is 0 Å². The summed E-state index contributed by atoms with van der Waals surface area (Å²) < 4.78 is 0. The van der Waals surface area contributed by atoms with Crippen LogP contribution >= 0.6 is 0 Å². The Balaban J connectivity index is 1.68. The van der Waals surface area contributed by atoms with Crippen LogP contribution < -0.4 is 0 Å². The van der Waals surface area contributed by atoms with Gasteiger partial charge in [0.2, 0.25) is 5.91 Å². The zero-order valence-corrected chi connectivity index (χ0v) is 13.9. The molecule has 4 heteroatoms. The number of aromatic nitrogens is 2. The van der Waals surface area contributed by atoms with Gasteiger partial charge < -0.3 is 9.88 Å². The number of fused-ring (bicyclic) bond motifs is 1. The van der Waals surface area contributed by atoms with Crippen molar-refractivity contribution in [3.8, 4) is 11.1 Å². The molecule has 2 aromatic heterocycles. The topological polar surface area (TPSA) is 49.0 Å². The number of benzene rings is 1. The van der Waals surface area contributed by atoms with E-state index in [-0.39, 0.29) is 5.91 Å². The second-order valence-electron chi connectivity index (χ2n) is 6.51. The molecule has 1 fully saturated rings. The number of hydrogen-bond donors (Lipinski definition) is 1. The second-order valence-corrected chi connectivity index (χ2v) is 6.51. The number of hydrogen-bond acceptors (Lipinski definition) is 2. The summed E-state index contributed by atoms with van der Waals surface area (Å²) >= 11 is 0. The first-order valence-electron chi connectivity index (χ1n) is 8.52. The maximum Gasteiger partial charge on any atom is 0.227 e. The van der Waals surface area contributed by atoms with Crippen LogP contribution in [-0.2, 0) is 11.2 Å². The molecule has 1 saturated heterocycles. The molecule has 0 spiro atoms. The van der Waals surface area contributed by atoms with E-state index in [2.05, 4.69) is 35.1 Å². The largest absolute Gasteiger partial charge is 0.346 e. The summed E-state index contributed by atoms with van der Waals surface area (Å²) in [6.07, 6.45) is 6.51. The summed E-state index contributed by atoms with van der Waals surface area (Å²) in [4.78, 5) is 22.2. The highest BCUT2D eigenvalue weighted by atomic mass is 16.2. The van der Waals surface area contributed by atoms with E-state index in [1.165, 1.54) is 11.1 Å². The number of aryl methyl sites for hydroxylation is 1. The number of aromatic amines is 1. The summed E-state index contributed by atoms with van der Waals surface area (Å²) in [7, 11) is 0. The third-order valence-electron chi connectivity index (χ3n) is 4.87. The van der Waals surface area contributed by atoms with E-state index in [1.807, 2.05) is 29.4 Å². The summed E-state index contributed by atoms with van der Waals surface area (Å²) in [5.74, 6) is 0.217. The molecule has 0 saturated carbocycles. The standard InChI is InChI=1S/C20H21N3O/c1-14-6-2-3-7-17(14)15-10-18-16(13-22-20(18)21-12-15)11-19(24)23-8-4-5-9-23/h2-3,6-7,10,12-13H,4-5,8-9,11H2,1H3,(H,21,22). The second kappa shape index (κ2) is 6.11. The van der Waals surface area contributed by atoms with Gasteiger partial charge in [-0.15, -0.1) is 0 Å². The van der Waals surface area contributed by atoms with E-state index in [4.69, 9.17) is 0 Å². The predicted octanol–water partition coefficient (Wildman–Crippen LogP) is 3.70. The molecule has 0 unspecified atom stereocenters. The lowest BCUT2D eigenvalue weighted by molar-refractivity contribution is -0.129. The monoisotopic (exact) mass is 319 g/mol. The van der Waals surface area contributed by atoms with Gasteiger partial charge in [0.15, 0.2) is 0 Å². The normalized spacial score (nSPS) is 14.5. The highest BCUT2D eigenvalue weighted by Crippen LogP contribution is 2.27. The Morgan fingerprint density at radius 3 is 2.83 bits per heavy atom. The van der Waals surface area contributed by atoms with E-state index < -0.39 is 0 Å². The van der Waals surface area contributed by atoms with E-state index >= 15 is 0 Å². The minimum Gasteiger partial charge on any atom is -0.346 e.